The Kier molecular flexibility index (Phi) is 7.96. The number of ether oxygens (including phenoxy) is 2. The van der Waals surface area contributed by atoms with Gasteiger partial charge in [0.05, 0.1) is 14.2 Å². The second-order valence-electron chi connectivity index (χ2n) is 10.2. The Morgan fingerprint density at radius 3 is 2.32 bits per heavy atom. The number of fused-ring (bicyclic) bond motifs is 1. The quantitative estimate of drug-likeness (QED) is 0.390. The summed E-state index contributed by atoms with van der Waals surface area (Å²) in [4.78, 5) is 2.68. The van der Waals surface area contributed by atoms with Gasteiger partial charge in [0.25, 0.3) is 0 Å². The maximum absolute atomic E-state index is 5.70. The Hall–Kier alpha value is -3.09. The highest BCUT2D eigenvalue weighted by Gasteiger charge is 2.51. The summed E-state index contributed by atoms with van der Waals surface area (Å²) in [6.45, 7) is 2.78. The first-order valence-corrected chi connectivity index (χ1v) is 13.6. The molecule has 0 bridgehead atoms. The number of likely N-dealkylation sites (tertiary alicyclic amines) is 1. The molecule has 5 rings (SSSR count). The summed E-state index contributed by atoms with van der Waals surface area (Å²) >= 11 is 5.70. The van der Waals surface area contributed by atoms with Gasteiger partial charge in [-0.25, -0.2) is 0 Å². The van der Waals surface area contributed by atoms with Crippen molar-refractivity contribution in [3.05, 3.63) is 95.6 Å². The smallest absolute Gasteiger partial charge is 0.166 e. The van der Waals surface area contributed by atoms with Gasteiger partial charge in [-0.15, -0.1) is 0 Å². The summed E-state index contributed by atoms with van der Waals surface area (Å²) in [6.07, 6.45) is 4.38. The number of nitrogens with one attached hydrogen (secondary N) is 2. The fourth-order valence-electron chi connectivity index (χ4n) is 6.28. The average molecular weight is 516 g/mol. The van der Waals surface area contributed by atoms with E-state index in [1.807, 2.05) is 6.07 Å². The van der Waals surface area contributed by atoms with Gasteiger partial charge in [-0.2, -0.15) is 0 Å². The molecule has 1 saturated carbocycles. The van der Waals surface area contributed by atoms with Crippen LogP contribution in [-0.4, -0.2) is 42.9 Å². The highest BCUT2D eigenvalue weighted by Crippen LogP contribution is 2.50. The lowest BCUT2D eigenvalue weighted by Gasteiger charge is -2.46. The molecule has 0 amide bonds. The maximum Gasteiger partial charge on any atom is 0.166 e. The number of benzene rings is 3. The SMILES string of the molecule is COc1ccc([C@@]23CC[C@@H](NC(=S)NCc4ccccc4)C[C@H]2N(Cc2ccccc2)CC3)cc1OC. The normalized spacial score (nSPS) is 23.2. The second kappa shape index (κ2) is 11.5. The molecule has 2 fully saturated rings. The molecule has 0 spiro atoms. The molecular weight excluding hydrogens is 478 g/mol. The van der Waals surface area contributed by atoms with Crippen molar-refractivity contribution in [3.63, 3.8) is 0 Å². The van der Waals surface area contributed by atoms with E-state index < -0.39 is 0 Å². The predicted molar refractivity (Wildman–Crippen MR) is 153 cm³/mol. The van der Waals surface area contributed by atoms with Gasteiger partial charge in [0.15, 0.2) is 16.6 Å². The van der Waals surface area contributed by atoms with Gasteiger partial charge in [0.1, 0.15) is 0 Å². The highest BCUT2D eigenvalue weighted by molar-refractivity contribution is 7.80. The van der Waals surface area contributed by atoms with E-state index >= 15 is 0 Å². The number of thiocarbonyl (C=S) groups is 1. The first-order valence-electron chi connectivity index (χ1n) is 13.2. The van der Waals surface area contributed by atoms with Crippen molar-refractivity contribution in [2.75, 3.05) is 20.8 Å². The van der Waals surface area contributed by atoms with Gasteiger partial charge in [-0.3, -0.25) is 4.90 Å². The monoisotopic (exact) mass is 515 g/mol. The lowest BCUT2D eigenvalue weighted by molar-refractivity contribution is 0.134. The second-order valence-corrected chi connectivity index (χ2v) is 10.6. The lowest BCUT2D eigenvalue weighted by Crippen LogP contribution is -2.53. The van der Waals surface area contributed by atoms with E-state index in [2.05, 4.69) is 88.3 Å². The molecule has 2 aliphatic rings. The fourth-order valence-corrected chi connectivity index (χ4v) is 6.52. The zero-order valence-corrected chi connectivity index (χ0v) is 22.6. The molecule has 37 heavy (non-hydrogen) atoms. The van der Waals surface area contributed by atoms with Crippen LogP contribution in [0.15, 0.2) is 78.9 Å². The molecule has 0 unspecified atom stereocenters. The van der Waals surface area contributed by atoms with Crippen molar-refractivity contribution in [3.8, 4) is 11.5 Å². The summed E-state index contributed by atoms with van der Waals surface area (Å²) in [5.41, 5.74) is 4.04. The van der Waals surface area contributed by atoms with Gasteiger partial charge < -0.3 is 20.1 Å². The molecule has 1 aliphatic carbocycles. The zero-order chi connectivity index (χ0) is 25.7. The minimum Gasteiger partial charge on any atom is -0.493 e. The van der Waals surface area contributed by atoms with Crippen LogP contribution in [0.4, 0.5) is 0 Å². The number of rotatable bonds is 8. The Bertz CT molecular complexity index is 1190. The average Bonchev–Trinajstić information content (AvgIpc) is 3.31. The van der Waals surface area contributed by atoms with Crippen LogP contribution in [0.3, 0.4) is 0 Å². The summed E-state index contributed by atoms with van der Waals surface area (Å²) in [7, 11) is 3.42. The molecule has 3 atom stereocenters. The topological polar surface area (TPSA) is 45.8 Å². The third-order valence-corrected chi connectivity index (χ3v) is 8.45. The zero-order valence-electron chi connectivity index (χ0n) is 21.8. The molecule has 3 aromatic carbocycles. The Morgan fingerprint density at radius 1 is 0.919 bits per heavy atom. The van der Waals surface area contributed by atoms with E-state index in [0.29, 0.717) is 12.1 Å². The standard InChI is InChI=1S/C31H37N3O2S/c1-35-27-14-13-25(19-28(27)36-2)31-16-15-26(33-30(37)32-21-23-9-5-3-6-10-23)20-29(31)34(18-17-31)22-24-11-7-4-8-12-24/h3-14,19,26,29H,15-18,20-22H2,1-2H3,(H2,32,33,37)/t26-,29-,31+/m1/s1. The molecule has 2 N–H and O–H groups in total. The Morgan fingerprint density at radius 2 is 1.62 bits per heavy atom. The van der Waals surface area contributed by atoms with E-state index in [9.17, 15) is 0 Å². The summed E-state index contributed by atoms with van der Waals surface area (Å²) < 4.78 is 11.2. The molecular formula is C31H37N3O2S. The molecule has 3 aromatic rings. The van der Waals surface area contributed by atoms with Crippen LogP contribution in [0.1, 0.15) is 42.4 Å². The van der Waals surface area contributed by atoms with Crippen LogP contribution in [-0.2, 0) is 18.5 Å². The van der Waals surface area contributed by atoms with Crippen molar-refractivity contribution >= 4 is 17.3 Å². The molecule has 1 heterocycles. The van der Waals surface area contributed by atoms with Gasteiger partial charge in [-0.05, 0) is 73.3 Å². The molecule has 1 aliphatic heterocycles. The molecule has 0 aromatic heterocycles. The van der Waals surface area contributed by atoms with E-state index in [-0.39, 0.29) is 5.41 Å². The third kappa shape index (κ3) is 5.60. The molecule has 1 saturated heterocycles. The number of hydrogen-bond donors (Lipinski definition) is 2. The van der Waals surface area contributed by atoms with Crippen LogP contribution >= 0.6 is 12.2 Å². The van der Waals surface area contributed by atoms with Crippen LogP contribution in [0, 0.1) is 0 Å². The van der Waals surface area contributed by atoms with Crippen molar-refractivity contribution < 1.29 is 9.47 Å². The van der Waals surface area contributed by atoms with Gasteiger partial charge in [0, 0.05) is 30.6 Å². The lowest BCUT2D eigenvalue weighted by atomic mass is 9.65. The minimum atomic E-state index is 0.0889. The fraction of sp³-hybridized carbons (Fsp3) is 0.387. The summed E-state index contributed by atoms with van der Waals surface area (Å²) in [6, 6.07) is 28.5. The highest BCUT2D eigenvalue weighted by atomic mass is 32.1. The first-order chi connectivity index (χ1) is 18.1. The van der Waals surface area contributed by atoms with Crippen LogP contribution in [0.5, 0.6) is 11.5 Å². The predicted octanol–water partition coefficient (Wildman–Crippen LogP) is 5.43. The number of methoxy groups -OCH3 is 2. The van der Waals surface area contributed by atoms with Crippen molar-refractivity contribution in [2.45, 2.75) is 56.3 Å². The maximum atomic E-state index is 5.70. The molecule has 5 nitrogen and oxygen atoms in total. The van der Waals surface area contributed by atoms with E-state index in [4.69, 9.17) is 21.7 Å². The minimum absolute atomic E-state index is 0.0889. The van der Waals surface area contributed by atoms with E-state index in [1.165, 1.54) is 16.7 Å². The van der Waals surface area contributed by atoms with Crippen molar-refractivity contribution in [1.29, 1.82) is 0 Å². The number of hydrogen-bond acceptors (Lipinski definition) is 4. The van der Waals surface area contributed by atoms with Crippen molar-refractivity contribution in [2.24, 2.45) is 0 Å². The summed E-state index contributed by atoms with van der Waals surface area (Å²) in [5.74, 6) is 1.59. The third-order valence-electron chi connectivity index (χ3n) is 8.19. The summed E-state index contributed by atoms with van der Waals surface area (Å²) in [5, 5.41) is 7.78. The molecule has 0 radical (unpaired) electrons. The Labute approximate surface area is 226 Å². The first kappa shape index (κ1) is 25.6. The van der Waals surface area contributed by atoms with Crippen LogP contribution in [0.25, 0.3) is 0 Å². The largest absolute Gasteiger partial charge is 0.493 e. The number of nitrogens with zero attached hydrogens (tertiary/aromatic N) is 1. The Balaban J connectivity index is 1.35. The van der Waals surface area contributed by atoms with Gasteiger partial charge >= 0.3 is 0 Å². The van der Waals surface area contributed by atoms with Gasteiger partial charge in [0.2, 0.25) is 0 Å². The molecule has 194 valence electrons. The van der Waals surface area contributed by atoms with Crippen LogP contribution < -0.4 is 20.1 Å². The van der Waals surface area contributed by atoms with Gasteiger partial charge in [-0.1, -0.05) is 66.7 Å². The van der Waals surface area contributed by atoms with E-state index in [1.54, 1.807) is 14.2 Å². The van der Waals surface area contributed by atoms with Crippen molar-refractivity contribution in [1.82, 2.24) is 15.5 Å². The van der Waals surface area contributed by atoms with E-state index in [0.717, 1.165) is 61.9 Å². The van der Waals surface area contributed by atoms with Crippen LogP contribution in [0.2, 0.25) is 0 Å². The molecule has 6 heteroatoms.